The largest absolute Gasteiger partial charge is 0.485 e. The molecule has 8 nitrogen and oxygen atoms in total. The van der Waals surface area contributed by atoms with Crippen LogP contribution >= 0.6 is 11.6 Å². The molecule has 1 aromatic carbocycles. The number of rotatable bonds is 6. The van der Waals surface area contributed by atoms with E-state index < -0.39 is 42.3 Å². The molecule has 4 N–H and O–H groups in total. The van der Waals surface area contributed by atoms with E-state index in [2.05, 4.69) is 0 Å². The molecule has 1 saturated heterocycles. The van der Waals surface area contributed by atoms with E-state index in [-0.39, 0.29) is 6.61 Å². The second kappa shape index (κ2) is 7.86. The Labute approximate surface area is 149 Å². The van der Waals surface area contributed by atoms with E-state index in [0.29, 0.717) is 10.8 Å². The van der Waals surface area contributed by atoms with Crippen LogP contribution in [-0.2, 0) is 14.3 Å². The molecule has 1 aliphatic rings. The quantitative estimate of drug-likeness (QED) is 0.562. The van der Waals surface area contributed by atoms with Crippen LogP contribution in [0.1, 0.15) is 13.8 Å². The van der Waals surface area contributed by atoms with Crippen LogP contribution in [0.5, 0.6) is 5.75 Å². The highest BCUT2D eigenvalue weighted by atomic mass is 35.5. The predicted molar refractivity (Wildman–Crippen MR) is 86.4 cm³/mol. The molecule has 1 fully saturated rings. The smallest absolute Gasteiger partial charge is 0.335 e. The van der Waals surface area contributed by atoms with Crippen molar-refractivity contribution in [1.82, 2.24) is 0 Å². The number of carbonyl (C=O) groups is 1. The third-order valence-electron chi connectivity index (χ3n) is 3.62. The molecular weight excluding hydrogens is 356 g/mol. The number of benzene rings is 1. The van der Waals surface area contributed by atoms with Crippen molar-refractivity contribution in [3.63, 3.8) is 0 Å². The molecule has 0 aromatic heterocycles. The topological polar surface area (TPSA) is 126 Å². The molecule has 1 aromatic rings. The maximum atomic E-state index is 11.1. The van der Waals surface area contributed by atoms with Gasteiger partial charge in [-0.2, -0.15) is 0 Å². The number of ether oxygens (including phenoxy) is 3. The van der Waals surface area contributed by atoms with Crippen molar-refractivity contribution in [2.45, 2.75) is 50.2 Å². The Morgan fingerprint density at radius 2 is 1.76 bits per heavy atom. The molecule has 1 heterocycles. The number of halogens is 1. The molecule has 0 bridgehead atoms. The first kappa shape index (κ1) is 19.9. The van der Waals surface area contributed by atoms with Crippen LogP contribution in [0.4, 0.5) is 0 Å². The van der Waals surface area contributed by atoms with Gasteiger partial charge in [-0.1, -0.05) is 11.6 Å². The third kappa shape index (κ3) is 5.04. The third-order valence-corrected chi connectivity index (χ3v) is 3.87. The number of carboxylic acid groups (broad SMARTS) is 1. The highest BCUT2D eigenvalue weighted by Gasteiger charge is 2.47. The van der Waals surface area contributed by atoms with Gasteiger partial charge in [0.15, 0.2) is 12.4 Å². The second-order valence-corrected chi connectivity index (χ2v) is 6.80. The Morgan fingerprint density at radius 3 is 2.32 bits per heavy atom. The van der Waals surface area contributed by atoms with Crippen molar-refractivity contribution in [1.29, 1.82) is 0 Å². The number of aliphatic hydroxyl groups is 3. The maximum absolute atomic E-state index is 11.1. The number of hydrogen-bond acceptors (Lipinski definition) is 7. The molecule has 25 heavy (non-hydrogen) atoms. The van der Waals surface area contributed by atoms with Crippen LogP contribution in [0, 0.1) is 0 Å². The maximum Gasteiger partial charge on any atom is 0.335 e. The lowest BCUT2D eigenvalue weighted by molar-refractivity contribution is -0.299. The Hall–Kier alpha value is -1.42. The molecule has 2 rings (SSSR count). The van der Waals surface area contributed by atoms with E-state index in [1.54, 1.807) is 38.1 Å². The standard InChI is InChI=1S/C16H21ClO8/c1-16(2,25-9-5-3-8(17)4-6-9)7-23-15-12(20)10(18)11(19)13(24-15)14(21)22/h3-6,10-13,15,18-20H,7H2,1-2H3,(H,21,22)/t10-,11-,12+,13-,15?/m0/s1. The summed E-state index contributed by atoms with van der Waals surface area (Å²) in [4.78, 5) is 11.1. The minimum absolute atomic E-state index is 0.0769. The van der Waals surface area contributed by atoms with Crippen molar-refractivity contribution in [2.75, 3.05) is 6.61 Å². The van der Waals surface area contributed by atoms with Crippen molar-refractivity contribution in [2.24, 2.45) is 0 Å². The van der Waals surface area contributed by atoms with E-state index in [1.807, 2.05) is 0 Å². The molecule has 0 radical (unpaired) electrons. The fourth-order valence-electron chi connectivity index (χ4n) is 2.32. The lowest BCUT2D eigenvalue weighted by Gasteiger charge is -2.39. The number of carboxylic acids is 1. The van der Waals surface area contributed by atoms with Crippen LogP contribution < -0.4 is 4.74 Å². The molecule has 1 aliphatic heterocycles. The zero-order valence-electron chi connectivity index (χ0n) is 13.7. The summed E-state index contributed by atoms with van der Waals surface area (Å²) in [6.07, 6.45) is -8.20. The van der Waals surface area contributed by atoms with E-state index >= 15 is 0 Å². The van der Waals surface area contributed by atoms with Crippen LogP contribution in [0.3, 0.4) is 0 Å². The molecule has 0 amide bonds. The first-order valence-corrected chi connectivity index (χ1v) is 7.97. The number of aliphatic carboxylic acids is 1. The average molecular weight is 377 g/mol. The minimum Gasteiger partial charge on any atom is -0.485 e. The highest BCUT2D eigenvalue weighted by molar-refractivity contribution is 6.30. The zero-order valence-corrected chi connectivity index (χ0v) is 14.5. The molecular formula is C16H21ClO8. The van der Waals surface area contributed by atoms with Gasteiger partial charge in [0.1, 0.15) is 29.7 Å². The summed E-state index contributed by atoms with van der Waals surface area (Å²) < 4.78 is 16.2. The van der Waals surface area contributed by atoms with E-state index in [1.165, 1.54) is 0 Å². The minimum atomic E-state index is -1.76. The molecule has 0 saturated carbocycles. The number of hydrogen-bond donors (Lipinski definition) is 4. The summed E-state index contributed by atoms with van der Waals surface area (Å²) in [6, 6.07) is 6.68. The van der Waals surface area contributed by atoms with Gasteiger partial charge in [-0.05, 0) is 38.1 Å². The highest BCUT2D eigenvalue weighted by Crippen LogP contribution is 2.25. The molecule has 5 atom stereocenters. The first-order valence-electron chi connectivity index (χ1n) is 7.59. The van der Waals surface area contributed by atoms with Crippen LogP contribution in [-0.4, -0.2) is 69.3 Å². The molecule has 9 heteroatoms. The zero-order chi connectivity index (χ0) is 18.8. The average Bonchev–Trinajstić information content (AvgIpc) is 2.53. The van der Waals surface area contributed by atoms with E-state index in [4.69, 9.17) is 30.9 Å². The predicted octanol–water partition coefficient (Wildman–Crippen LogP) is 0.406. The van der Waals surface area contributed by atoms with Gasteiger partial charge in [0.2, 0.25) is 0 Å². The lowest BCUT2D eigenvalue weighted by atomic mass is 9.99. The first-order chi connectivity index (χ1) is 11.6. The molecule has 140 valence electrons. The summed E-state index contributed by atoms with van der Waals surface area (Å²) in [5.41, 5.74) is -0.851. The van der Waals surface area contributed by atoms with Gasteiger partial charge in [0, 0.05) is 5.02 Å². The Balaban J connectivity index is 1.98. The van der Waals surface area contributed by atoms with E-state index in [9.17, 15) is 20.1 Å². The van der Waals surface area contributed by atoms with Gasteiger partial charge in [-0.25, -0.2) is 4.79 Å². The van der Waals surface area contributed by atoms with Gasteiger partial charge in [0.25, 0.3) is 0 Å². The van der Waals surface area contributed by atoms with Crippen LogP contribution in [0.2, 0.25) is 5.02 Å². The SMILES string of the molecule is CC(C)(COC1O[C@H](C(=O)O)[C@@H](O)[C@H](O)[C@H]1O)Oc1ccc(Cl)cc1. The van der Waals surface area contributed by atoms with Crippen molar-refractivity contribution < 1.29 is 39.4 Å². The Bertz CT molecular complexity index is 590. The second-order valence-electron chi connectivity index (χ2n) is 6.36. The summed E-state index contributed by atoms with van der Waals surface area (Å²) in [7, 11) is 0. The summed E-state index contributed by atoms with van der Waals surface area (Å²) in [6.45, 7) is 3.36. The van der Waals surface area contributed by atoms with Crippen LogP contribution in [0.25, 0.3) is 0 Å². The summed E-state index contributed by atoms with van der Waals surface area (Å²) >= 11 is 5.81. The molecule has 1 unspecified atom stereocenters. The normalized spacial score (nSPS) is 30.1. The van der Waals surface area contributed by atoms with Crippen LogP contribution in [0.15, 0.2) is 24.3 Å². The molecule has 0 aliphatic carbocycles. The van der Waals surface area contributed by atoms with Crippen molar-refractivity contribution in [3.05, 3.63) is 29.3 Å². The van der Waals surface area contributed by atoms with Crippen molar-refractivity contribution in [3.8, 4) is 5.75 Å². The fourth-order valence-corrected chi connectivity index (χ4v) is 2.45. The van der Waals surface area contributed by atoms with Crippen molar-refractivity contribution >= 4 is 17.6 Å². The van der Waals surface area contributed by atoms with Gasteiger partial charge in [-0.3, -0.25) is 0 Å². The number of aliphatic hydroxyl groups excluding tert-OH is 3. The summed E-state index contributed by atoms with van der Waals surface area (Å²) in [5, 5.41) is 38.9. The fraction of sp³-hybridized carbons (Fsp3) is 0.562. The lowest BCUT2D eigenvalue weighted by Crippen LogP contribution is -2.60. The summed E-state index contributed by atoms with van der Waals surface area (Å²) in [5.74, 6) is -0.925. The Morgan fingerprint density at radius 1 is 1.16 bits per heavy atom. The Kier molecular flexibility index (Phi) is 6.26. The van der Waals surface area contributed by atoms with Gasteiger partial charge >= 0.3 is 5.97 Å². The molecule has 0 spiro atoms. The van der Waals surface area contributed by atoms with Gasteiger partial charge < -0.3 is 34.6 Å². The monoisotopic (exact) mass is 376 g/mol. The van der Waals surface area contributed by atoms with E-state index in [0.717, 1.165) is 0 Å². The van der Waals surface area contributed by atoms with Gasteiger partial charge in [-0.15, -0.1) is 0 Å². The van der Waals surface area contributed by atoms with Gasteiger partial charge in [0.05, 0.1) is 6.61 Å².